The second kappa shape index (κ2) is 8.58. The first-order chi connectivity index (χ1) is 10.5. The molecule has 6 nitrogen and oxygen atoms in total. The van der Waals surface area contributed by atoms with Crippen LogP contribution in [0, 0.1) is 5.82 Å². The SMILES string of the molecule is CNCCNS(=O)(=O)c1ccc(C(=O)N2CCCC2)c(F)c1.Cl. The predicted octanol–water partition coefficient (Wildman–Crippen LogP) is 0.981. The summed E-state index contributed by atoms with van der Waals surface area (Å²) < 4.78 is 40.5. The highest BCUT2D eigenvalue weighted by atomic mass is 35.5. The lowest BCUT2D eigenvalue weighted by Gasteiger charge is -2.16. The molecule has 1 fully saturated rings. The van der Waals surface area contributed by atoms with Gasteiger partial charge in [-0.1, -0.05) is 0 Å². The van der Waals surface area contributed by atoms with E-state index in [1.54, 1.807) is 11.9 Å². The molecule has 2 rings (SSSR count). The van der Waals surface area contributed by atoms with Crippen molar-refractivity contribution in [3.05, 3.63) is 29.6 Å². The zero-order valence-corrected chi connectivity index (χ0v) is 14.5. The number of hydrogen-bond acceptors (Lipinski definition) is 4. The van der Waals surface area contributed by atoms with Gasteiger partial charge in [0.15, 0.2) is 0 Å². The van der Waals surface area contributed by atoms with E-state index in [2.05, 4.69) is 10.0 Å². The zero-order chi connectivity index (χ0) is 16.2. The number of hydrogen-bond donors (Lipinski definition) is 2. The number of likely N-dealkylation sites (N-methyl/N-ethyl adjacent to an activating group) is 1. The molecule has 1 aliphatic heterocycles. The maximum atomic E-state index is 14.1. The van der Waals surface area contributed by atoms with Crippen LogP contribution in [-0.2, 0) is 10.0 Å². The maximum Gasteiger partial charge on any atom is 0.256 e. The quantitative estimate of drug-likeness (QED) is 0.737. The van der Waals surface area contributed by atoms with Gasteiger partial charge in [-0.05, 0) is 38.1 Å². The summed E-state index contributed by atoms with van der Waals surface area (Å²) in [4.78, 5) is 13.6. The summed E-state index contributed by atoms with van der Waals surface area (Å²) in [5, 5.41) is 2.81. The minimum atomic E-state index is -3.77. The number of carbonyl (C=O) groups excluding carboxylic acids is 1. The van der Waals surface area contributed by atoms with Gasteiger partial charge in [0.25, 0.3) is 5.91 Å². The van der Waals surface area contributed by atoms with Crippen LogP contribution in [0.3, 0.4) is 0 Å². The van der Waals surface area contributed by atoms with Gasteiger partial charge in [-0.3, -0.25) is 4.79 Å². The molecule has 0 aliphatic carbocycles. The molecule has 0 aromatic heterocycles. The van der Waals surface area contributed by atoms with Gasteiger partial charge in [-0.15, -0.1) is 12.4 Å². The predicted molar refractivity (Wildman–Crippen MR) is 87.9 cm³/mol. The van der Waals surface area contributed by atoms with Crippen molar-refractivity contribution in [1.82, 2.24) is 14.9 Å². The third kappa shape index (κ3) is 4.87. The lowest BCUT2D eigenvalue weighted by molar-refractivity contribution is 0.0788. The largest absolute Gasteiger partial charge is 0.339 e. The van der Waals surface area contributed by atoms with Gasteiger partial charge in [-0.2, -0.15) is 0 Å². The summed E-state index contributed by atoms with van der Waals surface area (Å²) in [5.41, 5.74) is -0.0870. The highest BCUT2D eigenvalue weighted by Gasteiger charge is 2.24. The Morgan fingerprint density at radius 3 is 2.48 bits per heavy atom. The van der Waals surface area contributed by atoms with E-state index >= 15 is 0 Å². The van der Waals surface area contributed by atoms with Crippen LogP contribution in [0.25, 0.3) is 0 Å². The highest BCUT2D eigenvalue weighted by Crippen LogP contribution is 2.18. The van der Waals surface area contributed by atoms with E-state index in [1.807, 2.05) is 0 Å². The molecule has 2 N–H and O–H groups in total. The average molecular weight is 366 g/mol. The first kappa shape index (κ1) is 19.8. The fourth-order valence-corrected chi connectivity index (χ4v) is 3.36. The zero-order valence-electron chi connectivity index (χ0n) is 12.8. The molecule has 0 unspecified atom stereocenters. The fraction of sp³-hybridized carbons (Fsp3) is 0.500. The van der Waals surface area contributed by atoms with Gasteiger partial charge in [0, 0.05) is 26.2 Å². The number of nitrogens with one attached hydrogen (secondary N) is 2. The van der Waals surface area contributed by atoms with Gasteiger partial charge < -0.3 is 10.2 Å². The van der Waals surface area contributed by atoms with Crippen molar-refractivity contribution in [2.24, 2.45) is 0 Å². The van der Waals surface area contributed by atoms with Crippen molar-refractivity contribution >= 4 is 28.3 Å². The average Bonchev–Trinajstić information content (AvgIpc) is 3.01. The molecule has 23 heavy (non-hydrogen) atoms. The van der Waals surface area contributed by atoms with Gasteiger partial charge in [0.05, 0.1) is 10.5 Å². The molecule has 0 saturated carbocycles. The van der Waals surface area contributed by atoms with Crippen LogP contribution in [0.1, 0.15) is 23.2 Å². The van der Waals surface area contributed by atoms with E-state index in [1.165, 1.54) is 12.1 Å². The molecule has 1 aromatic carbocycles. The normalized spacial score (nSPS) is 14.6. The van der Waals surface area contributed by atoms with E-state index in [4.69, 9.17) is 0 Å². The fourth-order valence-electron chi connectivity index (χ4n) is 2.32. The van der Waals surface area contributed by atoms with E-state index in [0.29, 0.717) is 19.6 Å². The van der Waals surface area contributed by atoms with Crippen molar-refractivity contribution in [2.75, 3.05) is 33.2 Å². The van der Waals surface area contributed by atoms with E-state index in [9.17, 15) is 17.6 Å². The third-order valence-electron chi connectivity index (χ3n) is 3.54. The van der Waals surface area contributed by atoms with Crippen LogP contribution in [-0.4, -0.2) is 52.5 Å². The van der Waals surface area contributed by atoms with Crippen molar-refractivity contribution < 1.29 is 17.6 Å². The van der Waals surface area contributed by atoms with Crippen LogP contribution in [0.2, 0.25) is 0 Å². The number of sulfonamides is 1. The van der Waals surface area contributed by atoms with Gasteiger partial charge >= 0.3 is 0 Å². The Morgan fingerprint density at radius 1 is 1.26 bits per heavy atom. The Hall–Kier alpha value is -1.22. The molecule has 0 bridgehead atoms. The highest BCUT2D eigenvalue weighted by molar-refractivity contribution is 7.89. The van der Waals surface area contributed by atoms with E-state index < -0.39 is 15.8 Å². The Labute approximate surface area is 141 Å². The third-order valence-corrected chi connectivity index (χ3v) is 5.00. The number of rotatable bonds is 6. The Kier molecular flexibility index (Phi) is 7.40. The summed E-state index contributed by atoms with van der Waals surface area (Å²) in [5.74, 6) is -1.20. The lowest BCUT2D eigenvalue weighted by Crippen LogP contribution is -2.31. The van der Waals surface area contributed by atoms with Crippen molar-refractivity contribution in [3.8, 4) is 0 Å². The standard InChI is InChI=1S/C14H20FN3O3S.ClH/c1-16-6-7-17-22(20,21)11-4-5-12(13(15)10-11)14(19)18-8-2-3-9-18;/h4-5,10,16-17H,2-3,6-9H2,1H3;1H. The second-order valence-electron chi connectivity index (χ2n) is 5.14. The van der Waals surface area contributed by atoms with Crippen molar-refractivity contribution in [1.29, 1.82) is 0 Å². The number of halogens is 2. The Bertz CT molecular complexity index is 649. The van der Waals surface area contributed by atoms with E-state index in [0.717, 1.165) is 18.9 Å². The molecule has 9 heteroatoms. The van der Waals surface area contributed by atoms with E-state index in [-0.39, 0.29) is 35.3 Å². The number of benzene rings is 1. The van der Waals surface area contributed by atoms with Gasteiger partial charge in [0.2, 0.25) is 10.0 Å². The molecule has 0 radical (unpaired) electrons. The molecular weight excluding hydrogens is 345 g/mol. The van der Waals surface area contributed by atoms with Gasteiger partial charge in [0.1, 0.15) is 5.82 Å². The first-order valence-electron chi connectivity index (χ1n) is 7.19. The minimum Gasteiger partial charge on any atom is -0.339 e. The molecule has 1 amide bonds. The second-order valence-corrected chi connectivity index (χ2v) is 6.91. The summed E-state index contributed by atoms with van der Waals surface area (Å²) in [6, 6.07) is 3.39. The Balaban J connectivity index is 0.00000264. The molecule has 1 saturated heterocycles. The molecule has 0 atom stereocenters. The van der Waals surface area contributed by atoms with Crippen LogP contribution in [0.4, 0.5) is 4.39 Å². The molecular formula is C14H21ClFN3O3S. The molecule has 130 valence electrons. The van der Waals surface area contributed by atoms with Crippen LogP contribution in [0.15, 0.2) is 23.1 Å². The number of nitrogens with zero attached hydrogens (tertiary/aromatic N) is 1. The summed E-state index contributed by atoms with van der Waals surface area (Å²) in [7, 11) is -2.07. The summed E-state index contributed by atoms with van der Waals surface area (Å²) in [6.07, 6.45) is 1.82. The van der Waals surface area contributed by atoms with Crippen molar-refractivity contribution in [2.45, 2.75) is 17.7 Å². The smallest absolute Gasteiger partial charge is 0.256 e. The van der Waals surface area contributed by atoms with Crippen LogP contribution < -0.4 is 10.0 Å². The minimum absolute atomic E-state index is 0. The molecule has 0 spiro atoms. The van der Waals surface area contributed by atoms with Gasteiger partial charge in [-0.25, -0.2) is 17.5 Å². The van der Waals surface area contributed by atoms with Crippen LogP contribution >= 0.6 is 12.4 Å². The number of amides is 1. The summed E-state index contributed by atoms with van der Waals surface area (Å²) >= 11 is 0. The number of carbonyl (C=O) groups is 1. The lowest BCUT2D eigenvalue weighted by atomic mass is 10.2. The molecule has 1 heterocycles. The Morgan fingerprint density at radius 2 is 1.91 bits per heavy atom. The first-order valence-corrected chi connectivity index (χ1v) is 8.67. The molecule has 1 aliphatic rings. The van der Waals surface area contributed by atoms with Crippen LogP contribution in [0.5, 0.6) is 0 Å². The van der Waals surface area contributed by atoms with Crippen molar-refractivity contribution in [3.63, 3.8) is 0 Å². The topological polar surface area (TPSA) is 78.5 Å². The summed E-state index contributed by atoms with van der Waals surface area (Å²) in [6.45, 7) is 1.90. The molecule has 1 aromatic rings. The number of likely N-dealkylation sites (tertiary alicyclic amines) is 1. The maximum absolute atomic E-state index is 14.1. The monoisotopic (exact) mass is 365 g/mol.